The molecule has 0 atom stereocenters. The van der Waals surface area contributed by atoms with Crippen LogP contribution < -0.4 is 11.1 Å². The summed E-state index contributed by atoms with van der Waals surface area (Å²) in [5.41, 5.74) is 7.35. The van der Waals surface area contributed by atoms with E-state index in [9.17, 15) is 4.79 Å². The lowest BCUT2D eigenvalue weighted by atomic mass is 9.94. The number of aromatic nitrogens is 2. The van der Waals surface area contributed by atoms with E-state index in [1.165, 1.54) is 0 Å². The second-order valence-electron chi connectivity index (χ2n) is 5.48. The zero-order valence-corrected chi connectivity index (χ0v) is 13.9. The first-order valence-corrected chi connectivity index (χ1v) is 6.94. The highest BCUT2D eigenvalue weighted by Crippen LogP contribution is 2.15. The molecule has 0 aliphatic carbocycles. The van der Waals surface area contributed by atoms with Crippen molar-refractivity contribution < 1.29 is 4.79 Å². The van der Waals surface area contributed by atoms with Gasteiger partial charge in [0.2, 0.25) is 0 Å². The van der Waals surface area contributed by atoms with E-state index in [0.29, 0.717) is 18.2 Å². The van der Waals surface area contributed by atoms with E-state index in [4.69, 9.17) is 5.73 Å². The Kier molecular flexibility index (Phi) is 7.23. The molecule has 0 radical (unpaired) electrons. The summed E-state index contributed by atoms with van der Waals surface area (Å²) in [4.78, 5) is 12.1. The fourth-order valence-electron chi connectivity index (χ4n) is 1.98. The van der Waals surface area contributed by atoms with Crippen molar-refractivity contribution in [1.82, 2.24) is 15.1 Å². The van der Waals surface area contributed by atoms with Gasteiger partial charge in [-0.3, -0.25) is 9.48 Å². The number of hydrogen-bond acceptors (Lipinski definition) is 3. The fourth-order valence-corrected chi connectivity index (χ4v) is 1.98. The zero-order valence-electron chi connectivity index (χ0n) is 13.1. The van der Waals surface area contributed by atoms with E-state index in [0.717, 1.165) is 18.5 Å². The van der Waals surface area contributed by atoms with Crippen molar-refractivity contribution in [3.05, 3.63) is 17.5 Å². The third kappa shape index (κ3) is 4.49. The van der Waals surface area contributed by atoms with Crippen LogP contribution in [0.1, 0.15) is 62.6 Å². The van der Waals surface area contributed by atoms with Crippen molar-refractivity contribution in [2.45, 2.75) is 52.0 Å². The molecule has 0 aliphatic rings. The van der Waals surface area contributed by atoms with E-state index in [1.807, 2.05) is 27.0 Å². The van der Waals surface area contributed by atoms with Gasteiger partial charge in [-0.05, 0) is 24.8 Å². The summed E-state index contributed by atoms with van der Waals surface area (Å²) in [6, 6.07) is 1.84. The monoisotopic (exact) mass is 302 g/mol. The van der Waals surface area contributed by atoms with Gasteiger partial charge in [0.05, 0.1) is 0 Å². The molecule has 20 heavy (non-hydrogen) atoms. The molecule has 0 unspecified atom stereocenters. The van der Waals surface area contributed by atoms with Gasteiger partial charge >= 0.3 is 0 Å². The topological polar surface area (TPSA) is 72.9 Å². The fraction of sp³-hybridized carbons (Fsp3) is 0.714. The molecule has 5 nitrogen and oxygen atoms in total. The van der Waals surface area contributed by atoms with Crippen molar-refractivity contribution in [3.63, 3.8) is 0 Å². The lowest BCUT2D eigenvalue weighted by molar-refractivity contribution is 0.0936. The maximum atomic E-state index is 12.1. The van der Waals surface area contributed by atoms with Crippen LogP contribution in [0.15, 0.2) is 6.07 Å². The molecule has 1 amide bonds. The van der Waals surface area contributed by atoms with Crippen molar-refractivity contribution in [2.75, 3.05) is 6.54 Å². The SMILES string of the molecule is CCC(N)(CC)CNC(=O)c1cc(C(C)C)n(C)n1.Cl. The van der Waals surface area contributed by atoms with Crippen LogP contribution in [-0.4, -0.2) is 27.8 Å². The van der Waals surface area contributed by atoms with Crippen LogP contribution in [0.5, 0.6) is 0 Å². The molecule has 0 spiro atoms. The number of nitrogens with zero attached hydrogens (tertiary/aromatic N) is 2. The van der Waals surface area contributed by atoms with Crippen molar-refractivity contribution >= 4 is 18.3 Å². The minimum Gasteiger partial charge on any atom is -0.349 e. The first kappa shape index (κ1) is 18.9. The average molecular weight is 303 g/mol. The lowest BCUT2D eigenvalue weighted by Gasteiger charge is -2.26. The summed E-state index contributed by atoms with van der Waals surface area (Å²) < 4.78 is 1.76. The van der Waals surface area contributed by atoms with Gasteiger partial charge in [-0.25, -0.2) is 0 Å². The number of carbonyl (C=O) groups excluding carboxylic acids is 1. The van der Waals surface area contributed by atoms with Crippen LogP contribution in [0.25, 0.3) is 0 Å². The maximum absolute atomic E-state index is 12.1. The molecule has 0 saturated heterocycles. The number of rotatable bonds is 6. The highest BCUT2D eigenvalue weighted by Gasteiger charge is 2.22. The highest BCUT2D eigenvalue weighted by molar-refractivity contribution is 5.92. The minimum absolute atomic E-state index is 0. The van der Waals surface area contributed by atoms with Crippen LogP contribution in [0.2, 0.25) is 0 Å². The lowest BCUT2D eigenvalue weighted by Crippen LogP contribution is -2.49. The van der Waals surface area contributed by atoms with Gasteiger partial charge in [0.1, 0.15) is 5.69 Å². The van der Waals surface area contributed by atoms with Crippen LogP contribution in [0.4, 0.5) is 0 Å². The van der Waals surface area contributed by atoms with Crippen LogP contribution in [0.3, 0.4) is 0 Å². The van der Waals surface area contributed by atoms with Gasteiger partial charge in [-0.15, -0.1) is 12.4 Å². The summed E-state index contributed by atoms with van der Waals surface area (Å²) in [6.45, 7) is 8.71. The van der Waals surface area contributed by atoms with E-state index in [-0.39, 0.29) is 23.9 Å². The van der Waals surface area contributed by atoms with Crippen molar-refractivity contribution in [1.29, 1.82) is 0 Å². The normalized spacial score (nSPS) is 11.3. The molecule has 0 saturated carbocycles. The number of amides is 1. The minimum atomic E-state index is -0.328. The molecule has 3 N–H and O–H groups in total. The molecule has 1 heterocycles. The van der Waals surface area contributed by atoms with Gasteiger partial charge in [-0.1, -0.05) is 27.7 Å². The first-order chi connectivity index (χ1) is 8.83. The van der Waals surface area contributed by atoms with Gasteiger partial charge < -0.3 is 11.1 Å². The summed E-state index contributed by atoms with van der Waals surface area (Å²) in [7, 11) is 1.86. The molecule has 1 aromatic heterocycles. The Hall–Kier alpha value is -1.07. The Balaban J connectivity index is 0.00000361. The van der Waals surface area contributed by atoms with Crippen LogP contribution in [0, 0.1) is 0 Å². The summed E-state index contributed by atoms with van der Waals surface area (Å²) >= 11 is 0. The third-order valence-electron chi connectivity index (χ3n) is 3.75. The van der Waals surface area contributed by atoms with E-state index in [1.54, 1.807) is 4.68 Å². The summed E-state index contributed by atoms with van der Waals surface area (Å²) in [6.07, 6.45) is 1.67. The summed E-state index contributed by atoms with van der Waals surface area (Å²) in [5.74, 6) is 0.193. The van der Waals surface area contributed by atoms with E-state index >= 15 is 0 Å². The second kappa shape index (κ2) is 7.64. The standard InChI is InChI=1S/C14H26N4O.ClH/c1-6-14(15,7-2)9-16-13(19)11-8-12(10(3)4)18(5)17-11;/h8,10H,6-7,9,15H2,1-5H3,(H,16,19);1H. The average Bonchev–Trinajstić information content (AvgIpc) is 2.78. The Labute approximate surface area is 127 Å². The number of nitrogens with two attached hydrogens (primary N) is 1. The summed E-state index contributed by atoms with van der Waals surface area (Å²) in [5, 5.41) is 7.13. The predicted octanol–water partition coefficient (Wildman–Crippen LogP) is 2.21. The zero-order chi connectivity index (χ0) is 14.6. The number of nitrogens with one attached hydrogen (secondary N) is 1. The molecular formula is C14H27ClN4O. The Morgan fingerprint density at radius 3 is 2.40 bits per heavy atom. The molecule has 116 valence electrons. The van der Waals surface area contributed by atoms with Gasteiger partial charge in [0.15, 0.2) is 0 Å². The molecule has 0 fully saturated rings. The molecule has 0 aliphatic heterocycles. The molecule has 0 bridgehead atoms. The quantitative estimate of drug-likeness (QED) is 0.846. The largest absolute Gasteiger partial charge is 0.349 e. The van der Waals surface area contributed by atoms with Crippen LogP contribution in [-0.2, 0) is 7.05 Å². The molecule has 0 aromatic carbocycles. The second-order valence-corrected chi connectivity index (χ2v) is 5.48. The van der Waals surface area contributed by atoms with Crippen molar-refractivity contribution in [2.24, 2.45) is 12.8 Å². The van der Waals surface area contributed by atoms with E-state index in [2.05, 4.69) is 24.3 Å². The molecule has 1 aromatic rings. The number of carbonyl (C=O) groups is 1. The molecular weight excluding hydrogens is 276 g/mol. The number of aryl methyl sites for hydroxylation is 1. The van der Waals surface area contributed by atoms with Crippen LogP contribution >= 0.6 is 12.4 Å². The van der Waals surface area contributed by atoms with Crippen molar-refractivity contribution in [3.8, 4) is 0 Å². The maximum Gasteiger partial charge on any atom is 0.271 e. The predicted molar refractivity (Wildman–Crippen MR) is 84.4 cm³/mol. The van der Waals surface area contributed by atoms with Gasteiger partial charge in [-0.2, -0.15) is 5.10 Å². The smallest absolute Gasteiger partial charge is 0.271 e. The third-order valence-corrected chi connectivity index (χ3v) is 3.75. The number of halogens is 1. The Bertz CT molecular complexity index is 438. The highest BCUT2D eigenvalue weighted by atomic mass is 35.5. The van der Waals surface area contributed by atoms with Gasteiger partial charge in [0.25, 0.3) is 5.91 Å². The molecule has 1 rings (SSSR count). The molecule has 6 heteroatoms. The Morgan fingerprint density at radius 1 is 1.45 bits per heavy atom. The Morgan fingerprint density at radius 2 is 2.00 bits per heavy atom. The first-order valence-electron chi connectivity index (χ1n) is 6.94. The van der Waals surface area contributed by atoms with Gasteiger partial charge in [0, 0.05) is 24.8 Å². The number of hydrogen-bond donors (Lipinski definition) is 2. The van der Waals surface area contributed by atoms with E-state index < -0.39 is 0 Å².